The van der Waals surface area contributed by atoms with Crippen LogP contribution in [0.3, 0.4) is 0 Å². The molecule has 14 heteroatoms. The fourth-order valence-electron chi connectivity index (χ4n) is 4.14. The van der Waals surface area contributed by atoms with Gasteiger partial charge in [-0.3, -0.25) is 40.7 Å². The topological polar surface area (TPSA) is 142 Å². The van der Waals surface area contributed by atoms with Gasteiger partial charge in [-0.1, -0.05) is 72.1 Å². The molecule has 2 fully saturated rings. The first-order valence-corrected chi connectivity index (χ1v) is 15.6. The predicted molar refractivity (Wildman–Crippen MR) is 160 cm³/mol. The lowest BCUT2D eigenvalue weighted by Crippen LogP contribution is -2.25. The number of thiazole rings is 2. The van der Waals surface area contributed by atoms with Crippen molar-refractivity contribution in [3.05, 3.63) is 70.4 Å². The van der Waals surface area contributed by atoms with Gasteiger partial charge in [0.25, 0.3) is 10.5 Å². The molecule has 4 heterocycles. The first-order valence-electron chi connectivity index (χ1n) is 12.0. The normalized spacial score (nSPS) is 18.6. The van der Waals surface area contributed by atoms with Crippen molar-refractivity contribution in [3.63, 3.8) is 0 Å². The number of rotatable bonds is 9. The van der Waals surface area contributed by atoms with Gasteiger partial charge >= 0.3 is 0 Å². The fourth-order valence-corrected chi connectivity index (χ4v) is 7.21. The lowest BCUT2D eigenvalue weighted by Gasteiger charge is -2.06. The summed E-state index contributed by atoms with van der Waals surface area (Å²) in [7, 11) is 0. The van der Waals surface area contributed by atoms with Crippen LogP contribution >= 0.6 is 46.2 Å². The van der Waals surface area contributed by atoms with E-state index in [9.17, 15) is 19.2 Å². The number of carbonyl (C=O) groups is 4. The molecule has 4 aromatic rings. The van der Waals surface area contributed by atoms with Crippen molar-refractivity contribution in [1.82, 2.24) is 20.6 Å². The van der Waals surface area contributed by atoms with Crippen molar-refractivity contribution < 1.29 is 19.2 Å². The third kappa shape index (κ3) is 6.04. The monoisotopic (exact) mass is 608 g/mol. The molecule has 202 valence electrons. The van der Waals surface area contributed by atoms with Crippen molar-refractivity contribution in [1.29, 1.82) is 0 Å². The Morgan fingerprint density at radius 2 is 1.02 bits per heavy atom. The van der Waals surface area contributed by atoms with Gasteiger partial charge in [0.1, 0.15) is 0 Å². The van der Waals surface area contributed by atoms with Gasteiger partial charge in [-0.15, -0.1) is 22.7 Å². The van der Waals surface area contributed by atoms with Crippen LogP contribution in [0.2, 0.25) is 0 Å². The van der Waals surface area contributed by atoms with Crippen LogP contribution in [0.15, 0.2) is 59.3 Å². The molecular formula is C26H20N6O4S4. The molecule has 6 rings (SSSR count). The summed E-state index contributed by atoms with van der Waals surface area (Å²) < 4.78 is 0. The minimum atomic E-state index is -0.385. The van der Waals surface area contributed by atoms with Gasteiger partial charge in [0.2, 0.25) is 22.1 Å². The van der Waals surface area contributed by atoms with Crippen molar-refractivity contribution in [2.75, 3.05) is 10.9 Å². The number of hydrazine groups is 1. The lowest BCUT2D eigenvalue weighted by molar-refractivity contribution is -0.119. The first kappa shape index (κ1) is 26.5. The Hall–Kier alpha value is -3.72. The zero-order chi connectivity index (χ0) is 27.6. The maximum atomic E-state index is 11.8. The molecule has 4 N–H and O–H groups in total. The molecule has 2 aliphatic rings. The van der Waals surface area contributed by atoms with E-state index in [4.69, 9.17) is 0 Å². The SMILES string of the molecule is O=C1NC(=O)C(Cc2ccc(-c3csc(NNc4nc(-c5ccc(CC6SC(=O)NC6=O)cc5)cs4)n3)cc2)S1. The van der Waals surface area contributed by atoms with Gasteiger partial charge in [0, 0.05) is 21.9 Å². The summed E-state index contributed by atoms with van der Waals surface area (Å²) in [5.41, 5.74) is 11.7. The third-order valence-electron chi connectivity index (χ3n) is 6.16. The van der Waals surface area contributed by atoms with Crippen LogP contribution in [-0.4, -0.2) is 42.8 Å². The van der Waals surface area contributed by atoms with Crippen LogP contribution in [-0.2, 0) is 22.4 Å². The minimum absolute atomic E-state index is 0.239. The summed E-state index contributed by atoms with van der Waals surface area (Å²) in [6.45, 7) is 0. The highest BCUT2D eigenvalue weighted by Gasteiger charge is 2.32. The number of benzene rings is 2. The van der Waals surface area contributed by atoms with Gasteiger partial charge < -0.3 is 0 Å². The van der Waals surface area contributed by atoms with E-state index in [0.717, 1.165) is 57.2 Å². The Morgan fingerprint density at radius 3 is 1.38 bits per heavy atom. The minimum Gasteiger partial charge on any atom is -0.286 e. The van der Waals surface area contributed by atoms with Gasteiger partial charge in [0.05, 0.1) is 21.9 Å². The molecule has 2 saturated heterocycles. The number of carbonyl (C=O) groups excluding carboxylic acids is 4. The van der Waals surface area contributed by atoms with Crippen LogP contribution in [0.5, 0.6) is 0 Å². The number of anilines is 2. The second kappa shape index (κ2) is 11.4. The molecule has 2 unspecified atom stereocenters. The van der Waals surface area contributed by atoms with E-state index in [-0.39, 0.29) is 32.8 Å². The third-order valence-corrected chi connectivity index (χ3v) is 9.64. The summed E-state index contributed by atoms with van der Waals surface area (Å²) in [4.78, 5) is 55.6. The molecule has 40 heavy (non-hydrogen) atoms. The Labute approximate surface area is 244 Å². The summed E-state index contributed by atoms with van der Waals surface area (Å²) in [5, 5.41) is 8.55. The maximum Gasteiger partial charge on any atom is 0.286 e. The zero-order valence-corrected chi connectivity index (χ0v) is 23.8. The molecule has 0 radical (unpaired) electrons. The van der Waals surface area contributed by atoms with E-state index >= 15 is 0 Å². The van der Waals surface area contributed by atoms with Crippen LogP contribution in [0.1, 0.15) is 11.1 Å². The molecule has 2 aliphatic heterocycles. The van der Waals surface area contributed by atoms with E-state index in [1.807, 2.05) is 59.3 Å². The first-order chi connectivity index (χ1) is 19.4. The number of hydrogen-bond acceptors (Lipinski definition) is 12. The number of amides is 4. The molecule has 0 bridgehead atoms. The number of nitrogens with zero attached hydrogens (tertiary/aromatic N) is 2. The molecule has 0 spiro atoms. The Kier molecular flexibility index (Phi) is 7.56. The van der Waals surface area contributed by atoms with Crippen LogP contribution in [0.4, 0.5) is 19.9 Å². The highest BCUT2D eigenvalue weighted by Crippen LogP contribution is 2.30. The molecule has 2 aromatic heterocycles. The Bertz CT molecular complexity index is 1480. The van der Waals surface area contributed by atoms with Crippen LogP contribution < -0.4 is 21.5 Å². The van der Waals surface area contributed by atoms with Gasteiger partial charge in [-0.25, -0.2) is 9.97 Å². The average molecular weight is 609 g/mol. The van der Waals surface area contributed by atoms with Crippen molar-refractivity contribution >= 4 is 78.8 Å². The Balaban J connectivity index is 1.02. The second-order valence-corrected chi connectivity index (χ2v) is 13.0. The van der Waals surface area contributed by atoms with E-state index < -0.39 is 0 Å². The van der Waals surface area contributed by atoms with Gasteiger partial charge in [-0.05, 0) is 24.0 Å². The van der Waals surface area contributed by atoms with E-state index in [1.165, 1.54) is 22.7 Å². The average Bonchev–Trinajstić information content (AvgIpc) is 3.73. The zero-order valence-electron chi connectivity index (χ0n) is 20.5. The van der Waals surface area contributed by atoms with E-state index in [0.29, 0.717) is 23.1 Å². The number of nitrogens with one attached hydrogen (secondary N) is 4. The number of aromatic nitrogens is 2. The van der Waals surface area contributed by atoms with Crippen molar-refractivity contribution in [2.24, 2.45) is 0 Å². The van der Waals surface area contributed by atoms with Crippen molar-refractivity contribution in [2.45, 2.75) is 23.3 Å². The molecule has 0 saturated carbocycles. The lowest BCUT2D eigenvalue weighted by atomic mass is 10.1. The van der Waals surface area contributed by atoms with Crippen LogP contribution in [0.25, 0.3) is 22.5 Å². The standard InChI is InChI=1S/C26H20N6O4S4/c33-21-19(39-25(35)29-21)9-13-1-5-15(6-2-13)17-11-37-23(27-17)31-32-24-28-18(12-38-24)16-7-3-14(4-8-16)10-20-22(34)30-26(36)40-20/h1-8,11-12,19-20H,9-10H2,(H,27,31)(H,28,32)(H,29,33,35)(H,30,34,36). The van der Waals surface area contributed by atoms with Gasteiger partial charge in [-0.2, -0.15) is 0 Å². The quantitative estimate of drug-likeness (QED) is 0.188. The maximum absolute atomic E-state index is 11.8. The number of thioether (sulfide) groups is 2. The highest BCUT2D eigenvalue weighted by atomic mass is 32.2. The molecule has 0 aliphatic carbocycles. The van der Waals surface area contributed by atoms with Crippen LogP contribution in [0, 0.1) is 0 Å². The van der Waals surface area contributed by atoms with Crippen molar-refractivity contribution in [3.8, 4) is 22.5 Å². The molecule has 4 amide bonds. The number of imide groups is 2. The summed E-state index contributed by atoms with van der Waals surface area (Å²) >= 11 is 4.98. The molecule has 10 nitrogen and oxygen atoms in total. The predicted octanol–water partition coefficient (Wildman–Crippen LogP) is 5.16. The molecular weight excluding hydrogens is 589 g/mol. The largest absolute Gasteiger partial charge is 0.286 e. The summed E-state index contributed by atoms with van der Waals surface area (Å²) in [5.74, 6) is -0.477. The molecule has 2 atom stereocenters. The smallest absolute Gasteiger partial charge is 0.286 e. The van der Waals surface area contributed by atoms with Gasteiger partial charge in [0.15, 0.2) is 0 Å². The number of hydrogen-bond donors (Lipinski definition) is 4. The fraction of sp³-hybridized carbons (Fsp3) is 0.154. The highest BCUT2D eigenvalue weighted by molar-refractivity contribution is 8.15. The van der Waals surface area contributed by atoms with E-state index in [2.05, 4.69) is 31.5 Å². The summed E-state index contributed by atoms with van der Waals surface area (Å²) in [6, 6.07) is 15.6. The molecule has 2 aromatic carbocycles. The second-order valence-electron chi connectivity index (χ2n) is 8.89. The van der Waals surface area contributed by atoms with E-state index in [1.54, 1.807) is 0 Å². The summed E-state index contributed by atoms with van der Waals surface area (Å²) in [6.07, 6.45) is 0.994. The Morgan fingerprint density at radius 1 is 0.625 bits per heavy atom.